The lowest BCUT2D eigenvalue weighted by Gasteiger charge is -2.26. The number of benzene rings is 2. The van der Waals surface area contributed by atoms with Crippen LogP contribution >= 0.6 is 0 Å². The first-order chi connectivity index (χ1) is 13.1. The molecule has 2 aromatic carbocycles. The van der Waals surface area contributed by atoms with Gasteiger partial charge in [0.15, 0.2) is 0 Å². The number of hydrogen-bond donors (Lipinski definition) is 0. The van der Waals surface area contributed by atoms with E-state index >= 15 is 0 Å². The predicted octanol–water partition coefficient (Wildman–Crippen LogP) is 6.45. The van der Waals surface area contributed by atoms with Gasteiger partial charge in [-0.2, -0.15) is 8.78 Å². The van der Waals surface area contributed by atoms with Gasteiger partial charge in [-0.25, -0.2) is 0 Å². The van der Waals surface area contributed by atoms with Crippen molar-refractivity contribution >= 4 is 0 Å². The molecule has 3 heteroatoms. The third-order valence-corrected chi connectivity index (χ3v) is 5.36. The van der Waals surface area contributed by atoms with E-state index in [9.17, 15) is 8.78 Å². The number of halogens is 2. The molecule has 1 aliphatic rings. The summed E-state index contributed by atoms with van der Waals surface area (Å²) in [6, 6.07) is 14.8. The summed E-state index contributed by atoms with van der Waals surface area (Å²) < 4.78 is 28.6. The van der Waals surface area contributed by atoms with Gasteiger partial charge < -0.3 is 4.74 Å². The average Bonchev–Trinajstić information content (AvgIpc) is 2.67. The lowest BCUT2D eigenvalue weighted by Crippen LogP contribution is -2.12. The van der Waals surface area contributed by atoms with Crippen molar-refractivity contribution in [3.05, 3.63) is 65.2 Å². The van der Waals surface area contributed by atoms with Gasteiger partial charge in [-0.05, 0) is 66.6 Å². The summed E-state index contributed by atoms with van der Waals surface area (Å²) in [7, 11) is 0. The van der Waals surface area contributed by atoms with Crippen LogP contribution in [-0.2, 0) is 6.42 Å². The first kappa shape index (κ1) is 19.4. The Bertz CT molecular complexity index is 761. The molecule has 27 heavy (non-hydrogen) atoms. The minimum atomic E-state index is -2.80. The van der Waals surface area contributed by atoms with Crippen molar-refractivity contribution in [3.8, 4) is 17.6 Å². The summed E-state index contributed by atoms with van der Waals surface area (Å²) in [6.45, 7) is -0.441. The van der Waals surface area contributed by atoms with Crippen molar-refractivity contribution in [3.63, 3.8) is 0 Å². The number of alkyl halides is 2. The lowest BCUT2D eigenvalue weighted by atomic mass is 9.80. The molecule has 1 fully saturated rings. The molecule has 0 heterocycles. The zero-order chi connectivity index (χ0) is 19.1. The summed E-state index contributed by atoms with van der Waals surface area (Å²) in [5, 5.41) is 0. The third kappa shape index (κ3) is 6.40. The maximum Gasteiger partial charge on any atom is 0.387 e. The molecule has 1 nitrogen and oxygen atoms in total. The van der Waals surface area contributed by atoms with Crippen LogP contribution in [0.2, 0.25) is 0 Å². The second-order valence-corrected chi connectivity index (χ2v) is 7.51. The number of rotatable bonds is 5. The van der Waals surface area contributed by atoms with Crippen molar-refractivity contribution in [2.75, 3.05) is 0 Å². The molecule has 1 aliphatic carbocycles. The molecule has 1 saturated carbocycles. The Labute approximate surface area is 160 Å². The highest BCUT2D eigenvalue weighted by Crippen LogP contribution is 2.31. The standard InChI is InChI=1S/C24H26F2O/c1-18-2-4-19(5-3-18)6-7-20-8-10-21(11-9-20)12-13-22-14-16-23(17-15-22)27-24(25)26/h8-11,14-19,24H,2-7H2,1H3. The fraction of sp³-hybridized carbons (Fsp3) is 0.417. The maximum absolute atomic E-state index is 12.1. The highest BCUT2D eigenvalue weighted by molar-refractivity contribution is 5.44. The van der Waals surface area contributed by atoms with Crippen LogP contribution in [0.3, 0.4) is 0 Å². The number of ether oxygens (including phenoxy) is 1. The van der Waals surface area contributed by atoms with E-state index in [0.717, 1.165) is 29.4 Å². The van der Waals surface area contributed by atoms with Crippen LogP contribution in [0.15, 0.2) is 48.5 Å². The molecule has 0 amide bonds. The van der Waals surface area contributed by atoms with E-state index in [0.29, 0.717) is 0 Å². The highest BCUT2D eigenvalue weighted by Gasteiger charge is 2.17. The van der Waals surface area contributed by atoms with Gasteiger partial charge in [0.05, 0.1) is 0 Å². The van der Waals surface area contributed by atoms with Crippen LogP contribution < -0.4 is 4.74 Å². The van der Waals surface area contributed by atoms with E-state index in [-0.39, 0.29) is 5.75 Å². The zero-order valence-corrected chi connectivity index (χ0v) is 15.8. The maximum atomic E-state index is 12.1. The fourth-order valence-electron chi connectivity index (χ4n) is 3.61. The first-order valence-corrected chi connectivity index (χ1v) is 9.74. The number of hydrogen-bond acceptors (Lipinski definition) is 1. The normalized spacial score (nSPS) is 19.4. The molecule has 0 saturated heterocycles. The third-order valence-electron chi connectivity index (χ3n) is 5.36. The predicted molar refractivity (Wildman–Crippen MR) is 105 cm³/mol. The minimum Gasteiger partial charge on any atom is -0.435 e. The Hall–Kier alpha value is -2.34. The van der Waals surface area contributed by atoms with Crippen molar-refractivity contribution in [2.45, 2.75) is 52.1 Å². The van der Waals surface area contributed by atoms with Gasteiger partial charge >= 0.3 is 6.61 Å². The van der Waals surface area contributed by atoms with Crippen LogP contribution in [0.25, 0.3) is 0 Å². The van der Waals surface area contributed by atoms with Gasteiger partial charge in [-0.1, -0.05) is 56.6 Å². The molecule has 0 spiro atoms. The van der Waals surface area contributed by atoms with E-state index in [1.165, 1.54) is 49.8 Å². The van der Waals surface area contributed by atoms with E-state index in [1.54, 1.807) is 12.1 Å². The monoisotopic (exact) mass is 368 g/mol. The van der Waals surface area contributed by atoms with Gasteiger partial charge in [0.2, 0.25) is 0 Å². The molecule has 0 N–H and O–H groups in total. The Morgan fingerprint density at radius 3 is 2.00 bits per heavy atom. The van der Waals surface area contributed by atoms with Crippen LogP contribution in [-0.4, -0.2) is 6.61 Å². The fourth-order valence-corrected chi connectivity index (χ4v) is 3.61. The van der Waals surface area contributed by atoms with Crippen LogP contribution in [0.4, 0.5) is 8.78 Å². The highest BCUT2D eigenvalue weighted by atomic mass is 19.3. The Balaban J connectivity index is 1.51. The summed E-state index contributed by atoms with van der Waals surface area (Å²) in [6.07, 6.45) is 7.95. The second kappa shape index (κ2) is 9.55. The van der Waals surface area contributed by atoms with Crippen LogP contribution in [0.5, 0.6) is 5.75 Å². The summed E-state index contributed by atoms with van der Waals surface area (Å²) in [5.74, 6) is 8.12. The Morgan fingerprint density at radius 2 is 1.44 bits per heavy atom. The SMILES string of the molecule is CC1CCC(CCc2ccc(C#Cc3ccc(OC(F)F)cc3)cc2)CC1. The molecule has 3 rings (SSSR count). The second-order valence-electron chi connectivity index (χ2n) is 7.51. The molecular formula is C24H26F2O. The molecule has 0 aromatic heterocycles. The quantitative estimate of drug-likeness (QED) is 0.551. The summed E-state index contributed by atoms with van der Waals surface area (Å²) in [5.41, 5.74) is 3.10. The lowest BCUT2D eigenvalue weighted by molar-refractivity contribution is -0.0498. The van der Waals surface area contributed by atoms with E-state index in [4.69, 9.17) is 0 Å². The molecule has 2 aromatic rings. The molecule has 0 aliphatic heterocycles. The van der Waals surface area contributed by atoms with Crippen molar-refractivity contribution < 1.29 is 13.5 Å². The van der Waals surface area contributed by atoms with E-state index in [1.807, 2.05) is 0 Å². The van der Waals surface area contributed by atoms with Gasteiger partial charge in [0.25, 0.3) is 0 Å². The van der Waals surface area contributed by atoms with E-state index < -0.39 is 6.61 Å². The molecule has 142 valence electrons. The van der Waals surface area contributed by atoms with E-state index in [2.05, 4.69) is 47.8 Å². The minimum absolute atomic E-state index is 0.146. The zero-order valence-electron chi connectivity index (χ0n) is 15.8. The topological polar surface area (TPSA) is 9.23 Å². The molecule has 0 atom stereocenters. The van der Waals surface area contributed by atoms with Gasteiger partial charge in [0, 0.05) is 11.1 Å². The van der Waals surface area contributed by atoms with Gasteiger partial charge in [-0.15, -0.1) is 0 Å². The Kier molecular flexibility index (Phi) is 6.87. The molecule has 0 unspecified atom stereocenters. The Morgan fingerprint density at radius 1 is 0.889 bits per heavy atom. The van der Waals surface area contributed by atoms with Crippen LogP contribution in [0, 0.1) is 23.7 Å². The van der Waals surface area contributed by atoms with Crippen molar-refractivity contribution in [2.24, 2.45) is 11.8 Å². The van der Waals surface area contributed by atoms with Gasteiger partial charge in [-0.3, -0.25) is 0 Å². The molecule has 0 bridgehead atoms. The summed E-state index contributed by atoms with van der Waals surface area (Å²) >= 11 is 0. The van der Waals surface area contributed by atoms with Crippen LogP contribution in [0.1, 0.15) is 55.7 Å². The smallest absolute Gasteiger partial charge is 0.387 e. The van der Waals surface area contributed by atoms with Crippen molar-refractivity contribution in [1.82, 2.24) is 0 Å². The van der Waals surface area contributed by atoms with Crippen molar-refractivity contribution in [1.29, 1.82) is 0 Å². The summed E-state index contributed by atoms with van der Waals surface area (Å²) in [4.78, 5) is 0. The number of aryl methyl sites for hydroxylation is 1. The average molecular weight is 368 g/mol. The first-order valence-electron chi connectivity index (χ1n) is 9.74. The molecular weight excluding hydrogens is 342 g/mol. The molecule has 0 radical (unpaired) electrons. The largest absolute Gasteiger partial charge is 0.435 e. The van der Waals surface area contributed by atoms with Gasteiger partial charge in [0.1, 0.15) is 5.75 Å².